The molecule has 0 aliphatic carbocycles. The molecule has 0 spiro atoms. The van der Waals surface area contributed by atoms with Crippen molar-refractivity contribution in [3.8, 4) is 0 Å². The van der Waals surface area contributed by atoms with Gasteiger partial charge in [0, 0.05) is 6.42 Å². The predicted octanol–water partition coefficient (Wildman–Crippen LogP) is 4.45. The normalized spacial score (nSPS) is 11.8. The van der Waals surface area contributed by atoms with Gasteiger partial charge in [-0.3, -0.25) is 8.98 Å². The third-order valence-electron chi connectivity index (χ3n) is 4.32. The molecule has 0 heterocycles. The topological polar surface area (TPSA) is 83.5 Å². The fraction of sp³-hybridized carbons (Fsp3) is 0.950. The molecule has 27 heavy (non-hydrogen) atoms. The Labute approximate surface area is 168 Å². The van der Waals surface area contributed by atoms with E-state index in [-0.39, 0.29) is 0 Å². The Hall–Kier alpha value is -0.500. The second kappa shape index (κ2) is 17.6. The second-order valence-electron chi connectivity index (χ2n) is 8.16. The fourth-order valence-corrected chi connectivity index (χ4v) is 2.57. The highest BCUT2D eigenvalue weighted by atomic mass is 32.3. The smallest absolute Gasteiger partial charge is 0.217 e. The summed E-state index contributed by atoms with van der Waals surface area (Å²) in [6, 6.07) is 0. The van der Waals surface area contributed by atoms with Crippen molar-refractivity contribution in [1.29, 1.82) is 0 Å². The third-order valence-corrected chi connectivity index (χ3v) is 4.73. The van der Waals surface area contributed by atoms with Crippen molar-refractivity contribution >= 4 is 16.2 Å². The Morgan fingerprint density at radius 1 is 0.815 bits per heavy atom. The van der Waals surface area contributed by atoms with Crippen LogP contribution in [0.15, 0.2) is 0 Å². The average Bonchev–Trinajstić information content (AvgIpc) is 2.57. The summed E-state index contributed by atoms with van der Waals surface area (Å²) in [5.41, 5.74) is 0. The van der Waals surface area contributed by atoms with Gasteiger partial charge in [0.05, 0.1) is 41.2 Å². The molecule has 0 fully saturated rings. The molecule has 0 bridgehead atoms. The van der Waals surface area contributed by atoms with Gasteiger partial charge in [0.1, 0.15) is 5.78 Å². The van der Waals surface area contributed by atoms with Gasteiger partial charge in [0.2, 0.25) is 10.4 Å². The van der Waals surface area contributed by atoms with E-state index in [0.29, 0.717) is 5.78 Å². The zero-order valence-electron chi connectivity index (χ0n) is 18.3. The monoisotopic (exact) mass is 409 g/mol. The summed E-state index contributed by atoms with van der Waals surface area (Å²) in [6.45, 7) is 3.24. The number of hydrogen-bond donors (Lipinski definition) is 0. The van der Waals surface area contributed by atoms with Crippen LogP contribution >= 0.6 is 0 Å². The number of ketones is 1. The summed E-state index contributed by atoms with van der Waals surface area (Å²) < 4.78 is 31.9. The molecule has 0 N–H and O–H groups in total. The molecule has 0 aromatic heterocycles. The van der Waals surface area contributed by atoms with Gasteiger partial charge in [-0.1, -0.05) is 71.1 Å². The highest BCUT2D eigenvalue weighted by Gasteiger charge is 2.10. The van der Waals surface area contributed by atoms with E-state index in [4.69, 9.17) is 0 Å². The summed E-state index contributed by atoms with van der Waals surface area (Å²) in [7, 11) is 2.84. The Kier molecular flexibility index (Phi) is 18.7. The van der Waals surface area contributed by atoms with Crippen LogP contribution in [0.1, 0.15) is 90.4 Å². The van der Waals surface area contributed by atoms with Crippen LogP contribution in [0.5, 0.6) is 0 Å². The van der Waals surface area contributed by atoms with Crippen molar-refractivity contribution in [2.24, 2.45) is 0 Å². The first-order valence-corrected chi connectivity index (χ1v) is 11.7. The van der Waals surface area contributed by atoms with Gasteiger partial charge < -0.3 is 9.04 Å². The van der Waals surface area contributed by atoms with E-state index in [2.05, 4.69) is 32.2 Å². The number of carbonyl (C=O) groups excluding carboxylic acids is 1. The van der Waals surface area contributed by atoms with Gasteiger partial charge in [0.25, 0.3) is 0 Å². The zero-order chi connectivity index (χ0) is 21.2. The van der Waals surface area contributed by atoms with Crippen LogP contribution in [0.4, 0.5) is 0 Å². The predicted molar refractivity (Wildman–Crippen MR) is 110 cm³/mol. The molecule has 0 rings (SSSR count). The van der Waals surface area contributed by atoms with Gasteiger partial charge in [-0.25, -0.2) is 8.42 Å². The largest absolute Gasteiger partial charge is 0.726 e. The van der Waals surface area contributed by atoms with E-state index in [9.17, 15) is 17.8 Å². The molecular weight excluding hydrogens is 366 g/mol. The van der Waals surface area contributed by atoms with Crippen LogP contribution in [0.25, 0.3) is 0 Å². The number of quaternary nitrogens is 1. The molecule has 6 nitrogen and oxygen atoms in total. The quantitative estimate of drug-likeness (QED) is 0.163. The van der Waals surface area contributed by atoms with Crippen LogP contribution in [0, 0.1) is 0 Å². The molecule has 0 aliphatic heterocycles. The first kappa shape index (κ1) is 28.7. The summed E-state index contributed by atoms with van der Waals surface area (Å²) in [5.74, 6) is 0.457. The number of hydrogen-bond acceptors (Lipinski definition) is 5. The van der Waals surface area contributed by atoms with E-state index in [1.807, 2.05) is 0 Å². The Balaban J connectivity index is 0. The van der Waals surface area contributed by atoms with Crippen LogP contribution in [0.2, 0.25) is 0 Å². The Bertz CT molecular complexity index is 444. The lowest BCUT2D eigenvalue weighted by Crippen LogP contribution is -2.36. The lowest BCUT2D eigenvalue weighted by Gasteiger charge is -2.23. The van der Waals surface area contributed by atoms with Crippen molar-refractivity contribution in [2.75, 3.05) is 34.8 Å². The van der Waals surface area contributed by atoms with E-state index >= 15 is 0 Å². The summed E-state index contributed by atoms with van der Waals surface area (Å²) in [4.78, 5) is 11.7. The highest BCUT2D eigenvalue weighted by molar-refractivity contribution is 7.80. The molecule has 0 aliphatic rings. The Morgan fingerprint density at radius 2 is 1.19 bits per heavy atom. The first-order valence-electron chi connectivity index (χ1n) is 10.4. The van der Waals surface area contributed by atoms with Gasteiger partial charge in [-0.05, 0) is 6.42 Å². The van der Waals surface area contributed by atoms with Crippen molar-refractivity contribution in [3.05, 3.63) is 0 Å². The van der Waals surface area contributed by atoms with Crippen molar-refractivity contribution in [1.82, 2.24) is 0 Å². The maximum Gasteiger partial charge on any atom is 0.217 e. The SMILES string of the molecule is CCCCCCCCCCCCCC(=O)CC[N+](C)(C)C.COS(=O)(=O)[O-]. The zero-order valence-corrected chi connectivity index (χ0v) is 19.1. The minimum Gasteiger partial charge on any atom is -0.726 e. The molecule has 0 saturated carbocycles. The van der Waals surface area contributed by atoms with Crippen LogP contribution < -0.4 is 0 Å². The fourth-order valence-electron chi connectivity index (χ4n) is 2.57. The summed E-state index contributed by atoms with van der Waals surface area (Å²) in [6.07, 6.45) is 16.4. The summed E-state index contributed by atoms with van der Waals surface area (Å²) >= 11 is 0. The number of unbranched alkanes of at least 4 members (excludes halogenated alkanes) is 10. The van der Waals surface area contributed by atoms with Crippen molar-refractivity contribution in [3.63, 3.8) is 0 Å². The van der Waals surface area contributed by atoms with Crippen LogP contribution in [0.3, 0.4) is 0 Å². The van der Waals surface area contributed by atoms with E-state index in [1.54, 1.807) is 0 Å². The molecule has 0 unspecified atom stereocenters. The molecule has 7 heteroatoms. The lowest BCUT2D eigenvalue weighted by molar-refractivity contribution is -0.869. The standard InChI is InChI=1S/C19H40NO.CH4O4S/c1-5-6-7-8-9-10-11-12-13-14-15-16-19(21)17-18-20(2,3)4;1-5-6(2,3)4/h5-18H2,1-4H3;1H3,(H,2,3,4)/q+1;/p-1. The lowest BCUT2D eigenvalue weighted by atomic mass is 10.0. The van der Waals surface area contributed by atoms with Crippen LogP contribution in [-0.4, -0.2) is 58.0 Å². The van der Waals surface area contributed by atoms with E-state index < -0.39 is 10.4 Å². The van der Waals surface area contributed by atoms with Gasteiger partial charge in [-0.15, -0.1) is 0 Å². The van der Waals surface area contributed by atoms with Crippen LogP contribution in [-0.2, 0) is 19.4 Å². The highest BCUT2D eigenvalue weighted by Crippen LogP contribution is 2.12. The molecule has 0 radical (unpaired) electrons. The van der Waals surface area contributed by atoms with Gasteiger partial charge in [-0.2, -0.15) is 0 Å². The number of nitrogens with zero attached hydrogens (tertiary/aromatic N) is 1. The Morgan fingerprint density at radius 3 is 1.52 bits per heavy atom. The third kappa shape index (κ3) is 30.5. The minimum atomic E-state index is -4.41. The molecule has 164 valence electrons. The first-order chi connectivity index (χ1) is 12.5. The average molecular weight is 410 g/mol. The van der Waals surface area contributed by atoms with Gasteiger partial charge in [0.15, 0.2) is 0 Å². The molecule has 0 aromatic rings. The van der Waals surface area contributed by atoms with E-state index in [1.165, 1.54) is 64.2 Å². The molecule has 0 atom stereocenters. The molecule has 0 amide bonds. The minimum absolute atomic E-state index is 0.457. The number of carbonyl (C=O) groups is 1. The molecular formula is C20H43NO5S. The number of Topliss-reactive ketones (excluding diaryl/α,β-unsaturated/α-hetero) is 1. The van der Waals surface area contributed by atoms with Crippen molar-refractivity contribution < 1.29 is 26.4 Å². The molecule has 0 saturated heterocycles. The van der Waals surface area contributed by atoms with E-state index in [0.717, 1.165) is 37.4 Å². The van der Waals surface area contributed by atoms with Gasteiger partial charge >= 0.3 is 0 Å². The second-order valence-corrected chi connectivity index (χ2v) is 9.31. The summed E-state index contributed by atoms with van der Waals surface area (Å²) in [5, 5.41) is 0. The number of rotatable bonds is 16. The molecule has 0 aromatic carbocycles. The van der Waals surface area contributed by atoms with Crippen molar-refractivity contribution in [2.45, 2.75) is 90.4 Å². The maximum atomic E-state index is 11.7. The maximum absolute atomic E-state index is 11.7.